The van der Waals surface area contributed by atoms with E-state index >= 15 is 0 Å². The molecular weight excluding hydrogens is 384 g/mol. The summed E-state index contributed by atoms with van der Waals surface area (Å²) in [4.78, 5) is 24.6. The predicted molar refractivity (Wildman–Crippen MR) is 117 cm³/mol. The number of thiocarbonyl (C=S) groups is 1. The van der Waals surface area contributed by atoms with Gasteiger partial charge < -0.3 is 4.57 Å². The third-order valence-corrected chi connectivity index (χ3v) is 4.76. The summed E-state index contributed by atoms with van der Waals surface area (Å²) in [6.07, 6.45) is 0. The summed E-state index contributed by atoms with van der Waals surface area (Å²) in [6.45, 7) is 0.107. The molecule has 2 amide bonds. The summed E-state index contributed by atoms with van der Waals surface area (Å²) < 4.78 is 1.95. The number of nitrogens with one attached hydrogen (secondary N) is 3. The fraction of sp³-hybridized carbons (Fsp3) is 0.0455. The number of hydrazine groups is 1. The van der Waals surface area contributed by atoms with Crippen LogP contribution in [0.25, 0.3) is 21.8 Å². The molecule has 0 saturated carbocycles. The van der Waals surface area contributed by atoms with Gasteiger partial charge in [0.1, 0.15) is 6.54 Å². The Labute approximate surface area is 172 Å². The third kappa shape index (κ3) is 3.95. The first-order valence-electron chi connectivity index (χ1n) is 9.04. The van der Waals surface area contributed by atoms with Gasteiger partial charge in [-0.3, -0.25) is 25.8 Å². The SMILES string of the molecule is O=C(Cn1c2ccccc2c2ccccc21)NNC(=S)NC(=O)c1ccccc1. The van der Waals surface area contributed by atoms with Gasteiger partial charge in [0.05, 0.1) is 0 Å². The topological polar surface area (TPSA) is 75.2 Å². The molecule has 0 radical (unpaired) electrons. The Morgan fingerprint density at radius 3 is 1.93 bits per heavy atom. The molecule has 6 nitrogen and oxygen atoms in total. The minimum atomic E-state index is -0.347. The van der Waals surface area contributed by atoms with Crippen molar-refractivity contribution in [2.45, 2.75) is 6.54 Å². The molecule has 0 aliphatic heterocycles. The summed E-state index contributed by atoms with van der Waals surface area (Å²) in [5.74, 6) is -0.632. The van der Waals surface area contributed by atoms with Crippen molar-refractivity contribution in [3.63, 3.8) is 0 Å². The summed E-state index contributed by atoms with van der Waals surface area (Å²) in [6, 6.07) is 24.6. The second-order valence-corrected chi connectivity index (χ2v) is 6.85. The number of amides is 2. The number of benzene rings is 3. The molecule has 1 heterocycles. The number of carbonyl (C=O) groups excluding carboxylic acids is 2. The molecule has 0 fully saturated rings. The average molecular weight is 402 g/mol. The lowest BCUT2D eigenvalue weighted by Gasteiger charge is -2.12. The lowest BCUT2D eigenvalue weighted by molar-refractivity contribution is -0.122. The zero-order chi connectivity index (χ0) is 20.2. The van der Waals surface area contributed by atoms with E-state index in [1.165, 1.54) is 0 Å². The second-order valence-electron chi connectivity index (χ2n) is 6.44. The Morgan fingerprint density at radius 1 is 0.759 bits per heavy atom. The third-order valence-electron chi connectivity index (χ3n) is 4.56. The number of nitrogens with zero attached hydrogens (tertiary/aromatic N) is 1. The molecule has 0 spiro atoms. The van der Waals surface area contributed by atoms with Crippen molar-refractivity contribution in [3.8, 4) is 0 Å². The fourth-order valence-electron chi connectivity index (χ4n) is 3.28. The van der Waals surface area contributed by atoms with Crippen LogP contribution in [0.15, 0.2) is 78.9 Å². The zero-order valence-corrected chi connectivity index (χ0v) is 16.2. The standard InChI is InChI=1S/C22H18N4O2S/c27-20(24-25-22(29)23-21(28)15-8-2-1-3-9-15)14-26-18-12-6-4-10-16(18)17-11-5-7-13-19(17)26/h1-13H,14H2,(H,24,27)(H2,23,25,28,29). The van der Waals surface area contributed by atoms with Crippen molar-refractivity contribution in [1.82, 2.24) is 20.7 Å². The molecule has 0 aliphatic rings. The number of hydrogen-bond acceptors (Lipinski definition) is 3. The molecule has 7 heteroatoms. The van der Waals surface area contributed by atoms with E-state index in [1.807, 2.05) is 59.2 Å². The minimum absolute atomic E-state index is 0.0226. The van der Waals surface area contributed by atoms with Crippen molar-refractivity contribution in [1.29, 1.82) is 0 Å². The zero-order valence-electron chi connectivity index (χ0n) is 15.4. The van der Waals surface area contributed by atoms with Crippen molar-refractivity contribution in [3.05, 3.63) is 84.4 Å². The van der Waals surface area contributed by atoms with Gasteiger partial charge in [-0.05, 0) is 36.5 Å². The van der Waals surface area contributed by atoms with Crippen LogP contribution >= 0.6 is 12.2 Å². The molecule has 4 rings (SSSR count). The Balaban J connectivity index is 1.42. The highest BCUT2D eigenvalue weighted by atomic mass is 32.1. The van der Waals surface area contributed by atoms with Gasteiger partial charge in [0, 0.05) is 27.4 Å². The van der Waals surface area contributed by atoms with Crippen LogP contribution in [0.1, 0.15) is 10.4 Å². The monoisotopic (exact) mass is 402 g/mol. The van der Waals surface area contributed by atoms with E-state index in [0.717, 1.165) is 21.8 Å². The summed E-state index contributed by atoms with van der Waals surface area (Å²) in [5.41, 5.74) is 7.55. The van der Waals surface area contributed by atoms with E-state index in [9.17, 15) is 9.59 Å². The molecule has 144 valence electrons. The average Bonchev–Trinajstić information content (AvgIpc) is 3.07. The maximum atomic E-state index is 12.5. The Morgan fingerprint density at radius 2 is 1.31 bits per heavy atom. The second kappa shape index (κ2) is 8.12. The lowest BCUT2D eigenvalue weighted by atomic mass is 10.2. The number of aromatic nitrogens is 1. The number of rotatable bonds is 3. The summed E-state index contributed by atoms with van der Waals surface area (Å²) in [7, 11) is 0. The van der Waals surface area contributed by atoms with Crippen molar-refractivity contribution in [2.75, 3.05) is 0 Å². The summed E-state index contributed by atoms with van der Waals surface area (Å²) in [5, 5.41) is 4.74. The minimum Gasteiger partial charge on any atom is -0.331 e. The molecule has 3 N–H and O–H groups in total. The van der Waals surface area contributed by atoms with Gasteiger partial charge in [-0.25, -0.2) is 0 Å². The molecule has 0 saturated heterocycles. The molecule has 4 aromatic rings. The van der Waals surface area contributed by atoms with Gasteiger partial charge in [-0.1, -0.05) is 54.6 Å². The number of para-hydroxylation sites is 2. The maximum Gasteiger partial charge on any atom is 0.258 e. The normalized spacial score (nSPS) is 10.6. The van der Waals surface area contributed by atoms with E-state index < -0.39 is 0 Å². The van der Waals surface area contributed by atoms with Crippen molar-refractivity contribution in [2.24, 2.45) is 0 Å². The van der Waals surface area contributed by atoms with Crippen molar-refractivity contribution < 1.29 is 9.59 Å². The Kier molecular flexibility index (Phi) is 5.22. The van der Waals surface area contributed by atoms with Gasteiger partial charge in [0.25, 0.3) is 11.8 Å². The molecule has 29 heavy (non-hydrogen) atoms. The van der Waals surface area contributed by atoms with Crippen LogP contribution in [0.5, 0.6) is 0 Å². The molecule has 0 atom stereocenters. The van der Waals surface area contributed by atoms with Crippen LogP contribution in [0.2, 0.25) is 0 Å². The van der Waals surface area contributed by atoms with Crippen LogP contribution < -0.4 is 16.2 Å². The largest absolute Gasteiger partial charge is 0.331 e. The van der Waals surface area contributed by atoms with E-state index in [-0.39, 0.29) is 23.5 Å². The van der Waals surface area contributed by atoms with Gasteiger partial charge >= 0.3 is 0 Å². The van der Waals surface area contributed by atoms with Crippen LogP contribution in [0.3, 0.4) is 0 Å². The molecular formula is C22H18N4O2S. The smallest absolute Gasteiger partial charge is 0.258 e. The quantitative estimate of drug-likeness (QED) is 0.364. The van der Waals surface area contributed by atoms with Crippen LogP contribution in [-0.2, 0) is 11.3 Å². The van der Waals surface area contributed by atoms with Gasteiger partial charge in [-0.15, -0.1) is 0 Å². The van der Waals surface area contributed by atoms with Crippen LogP contribution in [0, 0.1) is 0 Å². The van der Waals surface area contributed by atoms with Crippen LogP contribution in [0.4, 0.5) is 0 Å². The molecule has 1 aromatic heterocycles. The molecule has 3 aromatic carbocycles. The highest BCUT2D eigenvalue weighted by molar-refractivity contribution is 7.80. The fourth-order valence-corrected chi connectivity index (χ4v) is 3.42. The number of carbonyl (C=O) groups is 2. The highest BCUT2D eigenvalue weighted by Crippen LogP contribution is 2.28. The van der Waals surface area contributed by atoms with E-state index in [2.05, 4.69) is 16.2 Å². The summed E-state index contributed by atoms with van der Waals surface area (Å²) >= 11 is 5.09. The van der Waals surface area contributed by atoms with Crippen LogP contribution in [-0.4, -0.2) is 21.5 Å². The highest BCUT2D eigenvalue weighted by Gasteiger charge is 2.13. The Hall–Kier alpha value is -3.71. The molecule has 0 unspecified atom stereocenters. The number of hydrogen-bond donors (Lipinski definition) is 3. The van der Waals surface area contributed by atoms with Gasteiger partial charge in [0.15, 0.2) is 5.11 Å². The lowest BCUT2D eigenvalue weighted by Crippen LogP contribution is -2.49. The predicted octanol–water partition coefficient (Wildman–Crippen LogP) is 3.13. The van der Waals surface area contributed by atoms with Gasteiger partial charge in [0.2, 0.25) is 0 Å². The van der Waals surface area contributed by atoms with E-state index in [0.29, 0.717) is 5.56 Å². The van der Waals surface area contributed by atoms with Gasteiger partial charge in [-0.2, -0.15) is 0 Å². The Bertz CT molecular complexity index is 1160. The molecule has 0 bridgehead atoms. The maximum absolute atomic E-state index is 12.5. The molecule has 0 aliphatic carbocycles. The first-order valence-corrected chi connectivity index (χ1v) is 9.45. The van der Waals surface area contributed by atoms with E-state index in [4.69, 9.17) is 12.2 Å². The van der Waals surface area contributed by atoms with Crippen molar-refractivity contribution >= 4 is 51.0 Å². The van der Waals surface area contributed by atoms with E-state index in [1.54, 1.807) is 24.3 Å². The first kappa shape index (κ1) is 18.6. The number of fused-ring (bicyclic) bond motifs is 3. The first-order chi connectivity index (χ1) is 14.1.